The van der Waals surface area contributed by atoms with E-state index < -0.39 is 0 Å². The minimum absolute atomic E-state index is 0.151. The number of morpholine rings is 1. The predicted molar refractivity (Wildman–Crippen MR) is 116 cm³/mol. The molecule has 31 heavy (non-hydrogen) atoms. The Labute approximate surface area is 180 Å². The van der Waals surface area contributed by atoms with Gasteiger partial charge in [-0.3, -0.25) is 10.2 Å². The Balaban J connectivity index is 1.24. The Morgan fingerprint density at radius 2 is 1.90 bits per heavy atom. The Hall–Kier alpha value is -3.04. The first-order chi connectivity index (χ1) is 15.2. The second-order valence-electron chi connectivity index (χ2n) is 8.01. The number of hydrogen-bond acceptors (Lipinski definition) is 7. The molecule has 5 rings (SSSR count). The van der Waals surface area contributed by atoms with Gasteiger partial charge in [-0.15, -0.1) is 0 Å². The van der Waals surface area contributed by atoms with Crippen molar-refractivity contribution in [2.45, 2.75) is 25.8 Å². The molecule has 0 spiro atoms. The summed E-state index contributed by atoms with van der Waals surface area (Å²) in [7, 11) is 0. The first-order valence-electron chi connectivity index (χ1n) is 10.7. The molecule has 1 aromatic carbocycles. The summed E-state index contributed by atoms with van der Waals surface area (Å²) in [5.41, 5.74) is 1.62. The maximum atomic E-state index is 12.8. The van der Waals surface area contributed by atoms with Crippen LogP contribution in [0, 0.1) is 6.92 Å². The van der Waals surface area contributed by atoms with E-state index in [-0.39, 0.29) is 6.03 Å². The monoisotopic (exact) mass is 422 g/mol. The normalized spacial score (nSPS) is 18.4. The number of fused-ring (bicyclic) bond motifs is 1. The van der Waals surface area contributed by atoms with Gasteiger partial charge in [-0.05, 0) is 18.9 Å². The number of ether oxygens (including phenoxy) is 1. The lowest BCUT2D eigenvalue weighted by molar-refractivity contribution is 0.00419. The third-order valence-electron chi connectivity index (χ3n) is 6.02. The minimum atomic E-state index is -0.151. The highest BCUT2D eigenvalue weighted by Crippen LogP contribution is 2.25. The fraction of sp³-hybridized carbons (Fsp3) is 0.455. The maximum absolute atomic E-state index is 12.8. The second kappa shape index (κ2) is 8.60. The van der Waals surface area contributed by atoms with Crippen molar-refractivity contribution >= 4 is 22.9 Å². The zero-order chi connectivity index (χ0) is 21.2. The van der Waals surface area contributed by atoms with Crippen LogP contribution in [0.5, 0.6) is 0 Å². The van der Waals surface area contributed by atoms with Gasteiger partial charge in [0.15, 0.2) is 11.7 Å². The number of aromatic nitrogens is 3. The lowest BCUT2D eigenvalue weighted by Gasteiger charge is -2.39. The molecule has 0 aliphatic carbocycles. The molecule has 2 fully saturated rings. The summed E-state index contributed by atoms with van der Waals surface area (Å²) >= 11 is 0. The van der Waals surface area contributed by atoms with Crippen LogP contribution >= 0.6 is 0 Å². The van der Waals surface area contributed by atoms with Crippen molar-refractivity contribution in [1.82, 2.24) is 24.8 Å². The summed E-state index contributed by atoms with van der Waals surface area (Å²) in [5, 5.41) is 3.75. The number of anilines is 1. The molecular formula is C22H26N6O3. The summed E-state index contributed by atoms with van der Waals surface area (Å²) in [6.07, 6.45) is 5.37. The molecule has 162 valence electrons. The summed E-state index contributed by atoms with van der Waals surface area (Å²) in [6, 6.07) is 6.18. The van der Waals surface area contributed by atoms with E-state index in [1.165, 1.54) is 0 Å². The van der Waals surface area contributed by atoms with Gasteiger partial charge in [0.05, 0.1) is 24.9 Å². The van der Waals surface area contributed by atoms with Gasteiger partial charge in [0.1, 0.15) is 0 Å². The SMILES string of the molecule is Cc1ncc(-c2ccc3cnc(NC(=O)N4CCC(N5CCOCC5)CC4)nc3c2)o1. The van der Waals surface area contributed by atoms with Gasteiger partial charge in [-0.2, -0.15) is 0 Å². The van der Waals surface area contributed by atoms with Gasteiger partial charge in [0.25, 0.3) is 0 Å². The number of carbonyl (C=O) groups excluding carboxylic acids is 1. The van der Waals surface area contributed by atoms with Crippen molar-refractivity contribution in [2.75, 3.05) is 44.7 Å². The van der Waals surface area contributed by atoms with E-state index in [4.69, 9.17) is 9.15 Å². The predicted octanol–water partition coefficient (Wildman–Crippen LogP) is 2.92. The smallest absolute Gasteiger partial charge is 0.324 e. The molecule has 2 amide bonds. The average Bonchev–Trinajstić information content (AvgIpc) is 3.25. The van der Waals surface area contributed by atoms with Gasteiger partial charge in [0.2, 0.25) is 5.95 Å². The molecule has 9 heteroatoms. The Kier molecular flexibility index (Phi) is 5.52. The maximum Gasteiger partial charge on any atom is 0.324 e. The largest absolute Gasteiger partial charge is 0.441 e. The summed E-state index contributed by atoms with van der Waals surface area (Å²) in [6.45, 7) is 6.85. The van der Waals surface area contributed by atoms with E-state index in [1.54, 1.807) is 12.4 Å². The lowest BCUT2D eigenvalue weighted by Crippen LogP contribution is -2.50. The van der Waals surface area contributed by atoms with Crippen LogP contribution in [0.4, 0.5) is 10.7 Å². The summed E-state index contributed by atoms with van der Waals surface area (Å²) in [5.74, 6) is 1.61. The van der Waals surface area contributed by atoms with Gasteiger partial charge in [-0.25, -0.2) is 19.7 Å². The van der Waals surface area contributed by atoms with Crippen molar-refractivity contribution < 1.29 is 13.9 Å². The molecule has 1 N–H and O–H groups in total. The van der Waals surface area contributed by atoms with Crippen LogP contribution in [0.2, 0.25) is 0 Å². The van der Waals surface area contributed by atoms with Crippen LogP contribution in [0.25, 0.3) is 22.2 Å². The molecule has 2 saturated heterocycles. The zero-order valence-electron chi connectivity index (χ0n) is 17.6. The van der Waals surface area contributed by atoms with Crippen molar-refractivity contribution in [3.63, 3.8) is 0 Å². The topological polar surface area (TPSA) is 96.6 Å². The summed E-state index contributed by atoms with van der Waals surface area (Å²) in [4.78, 5) is 30.1. The molecule has 2 aliphatic rings. The van der Waals surface area contributed by atoms with Gasteiger partial charge < -0.3 is 14.1 Å². The molecule has 2 aliphatic heterocycles. The van der Waals surface area contributed by atoms with Crippen LogP contribution in [0.15, 0.2) is 35.0 Å². The van der Waals surface area contributed by atoms with E-state index >= 15 is 0 Å². The van der Waals surface area contributed by atoms with Crippen molar-refractivity contribution in [2.24, 2.45) is 0 Å². The number of aryl methyl sites for hydroxylation is 1. The highest BCUT2D eigenvalue weighted by atomic mass is 16.5. The fourth-order valence-corrected chi connectivity index (χ4v) is 4.28. The average molecular weight is 422 g/mol. The second-order valence-corrected chi connectivity index (χ2v) is 8.01. The number of oxazole rings is 1. The van der Waals surface area contributed by atoms with Gasteiger partial charge in [0, 0.05) is 56.3 Å². The molecule has 0 radical (unpaired) electrons. The van der Waals surface area contributed by atoms with Crippen LogP contribution in [-0.4, -0.2) is 76.2 Å². The quantitative estimate of drug-likeness (QED) is 0.693. The molecule has 0 unspecified atom stereocenters. The number of likely N-dealkylation sites (tertiary alicyclic amines) is 1. The number of urea groups is 1. The van der Waals surface area contributed by atoms with Crippen LogP contribution in [0.1, 0.15) is 18.7 Å². The number of amides is 2. The van der Waals surface area contributed by atoms with Crippen molar-refractivity contribution in [3.05, 3.63) is 36.5 Å². The van der Waals surface area contributed by atoms with Crippen LogP contribution in [-0.2, 0) is 4.74 Å². The third-order valence-corrected chi connectivity index (χ3v) is 6.02. The molecule has 3 aromatic rings. The van der Waals surface area contributed by atoms with E-state index in [1.807, 2.05) is 30.0 Å². The fourth-order valence-electron chi connectivity index (χ4n) is 4.28. The van der Waals surface area contributed by atoms with Gasteiger partial charge in [-0.1, -0.05) is 12.1 Å². The number of benzene rings is 1. The Bertz CT molecular complexity index is 1070. The van der Waals surface area contributed by atoms with Crippen LogP contribution < -0.4 is 5.32 Å². The molecule has 0 atom stereocenters. The van der Waals surface area contributed by atoms with E-state index in [0.29, 0.717) is 23.6 Å². The number of hydrogen-bond donors (Lipinski definition) is 1. The standard InChI is InChI=1S/C22H26N6O3/c1-15-23-14-20(31-15)16-2-3-17-13-24-21(25-19(17)12-16)26-22(29)28-6-4-18(5-7-28)27-8-10-30-11-9-27/h2-3,12-14,18H,4-11H2,1H3,(H,24,25,26,29). The highest BCUT2D eigenvalue weighted by Gasteiger charge is 2.28. The van der Waals surface area contributed by atoms with Crippen molar-refractivity contribution in [3.8, 4) is 11.3 Å². The Morgan fingerprint density at radius 1 is 1.10 bits per heavy atom. The number of carbonyl (C=O) groups is 1. The number of piperidine rings is 1. The molecular weight excluding hydrogens is 396 g/mol. The van der Waals surface area contributed by atoms with E-state index in [2.05, 4.69) is 25.2 Å². The lowest BCUT2D eigenvalue weighted by atomic mass is 10.0. The molecule has 2 aromatic heterocycles. The summed E-state index contributed by atoms with van der Waals surface area (Å²) < 4.78 is 11.0. The highest BCUT2D eigenvalue weighted by molar-refractivity contribution is 5.89. The molecule has 4 heterocycles. The third kappa shape index (κ3) is 4.38. The zero-order valence-corrected chi connectivity index (χ0v) is 17.6. The van der Waals surface area contributed by atoms with Gasteiger partial charge >= 0.3 is 6.03 Å². The van der Waals surface area contributed by atoms with E-state index in [0.717, 1.165) is 68.7 Å². The first kappa shape index (κ1) is 19.9. The molecule has 0 bridgehead atoms. The Morgan fingerprint density at radius 3 is 2.65 bits per heavy atom. The minimum Gasteiger partial charge on any atom is -0.441 e. The molecule has 9 nitrogen and oxygen atoms in total. The van der Waals surface area contributed by atoms with Crippen molar-refractivity contribution in [1.29, 1.82) is 0 Å². The number of nitrogens with one attached hydrogen (secondary N) is 1. The van der Waals surface area contributed by atoms with Crippen LogP contribution in [0.3, 0.4) is 0 Å². The molecule has 0 saturated carbocycles. The number of nitrogens with zero attached hydrogens (tertiary/aromatic N) is 5. The number of rotatable bonds is 3. The van der Waals surface area contributed by atoms with E-state index in [9.17, 15) is 4.79 Å². The first-order valence-corrected chi connectivity index (χ1v) is 10.7.